The molecule has 6 heteroatoms. The summed E-state index contributed by atoms with van der Waals surface area (Å²) in [6.45, 7) is 6.44. The zero-order valence-corrected chi connectivity index (χ0v) is 41.3. The number of esters is 3. The van der Waals surface area contributed by atoms with Crippen LogP contribution in [0.3, 0.4) is 0 Å². The van der Waals surface area contributed by atoms with E-state index >= 15 is 0 Å². The van der Waals surface area contributed by atoms with Crippen LogP contribution in [0.5, 0.6) is 0 Å². The van der Waals surface area contributed by atoms with Crippen molar-refractivity contribution < 1.29 is 28.6 Å². The Bertz CT molecular complexity index is 1190. The normalized spacial score (nSPS) is 12.6. The van der Waals surface area contributed by atoms with Gasteiger partial charge in [0.2, 0.25) is 0 Å². The van der Waals surface area contributed by atoms with Gasteiger partial charge < -0.3 is 14.2 Å². The van der Waals surface area contributed by atoms with E-state index < -0.39 is 6.10 Å². The minimum atomic E-state index is -0.800. The lowest BCUT2D eigenvalue weighted by molar-refractivity contribution is -0.167. The van der Waals surface area contributed by atoms with Gasteiger partial charge in [-0.05, 0) is 77.0 Å². The molecule has 1 atom stereocenters. The summed E-state index contributed by atoms with van der Waals surface area (Å²) in [7, 11) is 0. The van der Waals surface area contributed by atoms with Crippen molar-refractivity contribution in [3.05, 3.63) is 72.9 Å². The Morgan fingerprint density at radius 1 is 0.333 bits per heavy atom. The van der Waals surface area contributed by atoms with Gasteiger partial charge in [0.25, 0.3) is 0 Å². The van der Waals surface area contributed by atoms with Crippen LogP contribution in [0.15, 0.2) is 72.9 Å². The Balaban J connectivity index is 4.41. The monoisotopic (exact) mass is 879 g/mol. The van der Waals surface area contributed by atoms with Crippen LogP contribution in [0.1, 0.15) is 252 Å². The van der Waals surface area contributed by atoms with E-state index in [-0.39, 0.29) is 37.5 Å². The van der Waals surface area contributed by atoms with Gasteiger partial charge in [-0.15, -0.1) is 0 Å². The summed E-state index contributed by atoms with van der Waals surface area (Å²) in [6, 6.07) is 0. The van der Waals surface area contributed by atoms with Gasteiger partial charge in [0.05, 0.1) is 0 Å². The molecule has 362 valence electrons. The molecule has 0 aromatic carbocycles. The Labute approximate surface area is 389 Å². The number of unbranched alkanes of at least 4 members (excludes halogenated alkanes) is 24. The third-order valence-corrected chi connectivity index (χ3v) is 11.2. The molecule has 0 aliphatic heterocycles. The molecule has 0 aliphatic carbocycles. The molecule has 0 aromatic rings. The van der Waals surface area contributed by atoms with E-state index in [0.29, 0.717) is 19.3 Å². The van der Waals surface area contributed by atoms with Gasteiger partial charge in [-0.2, -0.15) is 0 Å². The average Bonchev–Trinajstić information content (AvgIpc) is 3.28. The number of carbonyl (C=O) groups is 3. The second-order valence-electron chi connectivity index (χ2n) is 17.4. The number of hydrogen-bond acceptors (Lipinski definition) is 6. The first-order chi connectivity index (χ1) is 31.0. The van der Waals surface area contributed by atoms with E-state index in [9.17, 15) is 14.4 Å². The van der Waals surface area contributed by atoms with Crippen LogP contribution in [0.25, 0.3) is 0 Å². The number of allylic oxidation sites excluding steroid dienone is 12. The van der Waals surface area contributed by atoms with Crippen LogP contribution in [0.4, 0.5) is 0 Å². The SMILES string of the molecule is CC/C=C\C/C=C\C/C=C\C/C=C\C/C=C\CCCC(=O)OC[C@H](COC(=O)CCCCCCCCCCCCCCCCCCC)OC(=O)CCCCCCC/C=C\CCCC. The van der Waals surface area contributed by atoms with Crippen molar-refractivity contribution in [1.29, 1.82) is 0 Å². The number of carbonyl (C=O) groups excluding carboxylic acids is 3. The number of rotatable bonds is 47. The predicted octanol–water partition coefficient (Wildman–Crippen LogP) is 17.4. The fourth-order valence-electron chi connectivity index (χ4n) is 7.22. The molecule has 0 spiro atoms. The molecule has 0 N–H and O–H groups in total. The second-order valence-corrected chi connectivity index (χ2v) is 17.4. The first kappa shape index (κ1) is 59.9. The standard InChI is InChI=1S/C57H98O6/c1-4-7-10-13-16-19-22-24-26-28-30-32-35-37-40-43-46-49-55(58)61-52-54(63-57(60)51-48-45-42-39-34-21-18-15-12-9-6-3)53-62-56(59)50-47-44-41-38-36-33-31-29-27-25-23-20-17-14-11-8-5-2/h7,10,15-16,18-19,24,26,30,32,37,40,54H,4-6,8-9,11-14,17,20-23,25,27-29,31,33-36,38-39,41-53H2,1-3H3/b10-7-,18-15-,19-16-,26-24-,32-30-,40-37-/t54-/m1/s1. The third kappa shape index (κ3) is 49.7. The van der Waals surface area contributed by atoms with Gasteiger partial charge >= 0.3 is 17.9 Å². The quantitative estimate of drug-likeness (QED) is 0.0262. The van der Waals surface area contributed by atoms with E-state index in [4.69, 9.17) is 14.2 Å². The minimum absolute atomic E-state index is 0.0946. The van der Waals surface area contributed by atoms with Gasteiger partial charge in [-0.1, -0.05) is 229 Å². The van der Waals surface area contributed by atoms with Gasteiger partial charge in [0, 0.05) is 19.3 Å². The molecular formula is C57H98O6. The Kier molecular flexibility index (Phi) is 48.9. The van der Waals surface area contributed by atoms with Crippen molar-refractivity contribution in [2.45, 2.75) is 258 Å². The summed E-state index contributed by atoms with van der Waals surface area (Å²) < 4.78 is 16.7. The largest absolute Gasteiger partial charge is 0.462 e. The van der Waals surface area contributed by atoms with Crippen LogP contribution in [-0.2, 0) is 28.6 Å². The predicted molar refractivity (Wildman–Crippen MR) is 270 cm³/mol. The summed E-state index contributed by atoms with van der Waals surface area (Å²) in [6.07, 6.45) is 64.7. The first-order valence-electron chi connectivity index (χ1n) is 26.4. The zero-order valence-electron chi connectivity index (χ0n) is 41.3. The number of hydrogen-bond donors (Lipinski definition) is 0. The Hall–Kier alpha value is -3.15. The molecule has 6 nitrogen and oxygen atoms in total. The van der Waals surface area contributed by atoms with Gasteiger partial charge in [-0.25, -0.2) is 0 Å². The molecule has 63 heavy (non-hydrogen) atoms. The molecule has 0 saturated carbocycles. The van der Waals surface area contributed by atoms with Gasteiger partial charge in [0.1, 0.15) is 13.2 Å². The highest BCUT2D eigenvalue weighted by atomic mass is 16.6. The molecule has 0 saturated heterocycles. The smallest absolute Gasteiger partial charge is 0.306 e. The van der Waals surface area contributed by atoms with E-state index in [2.05, 4.69) is 93.7 Å². The molecule has 0 aromatic heterocycles. The molecule has 0 amide bonds. The highest BCUT2D eigenvalue weighted by Gasteiger charge is 2.19. The fraction of sp³-hybridized carbons (Fsp3) is 0.737. The molecule has 0 heterocycles. The van der Waals surface area contributed by atoms with Crippen LogP contribution in [0, 0.1) is 0 Å². The van der Waals surface area contributed by atoms with E-state index in [1.165, 1.54) is 116 Å². The summed E-state index contributed by atoms with van der Waals surface area (Å²) in [4.78, 5) is 37.9. The van der Waals surface area contributed by atoms with E-state index in [1.807, 2.05) is 0 Å². The Morgan fingerprint density at radius 3 is 1.10 bits per heavy atom. The lowest BCUT2D eigenvalue weighted by atomic mass is 10.0. The van der Waals surface area contributed by atoms with Crippen molar-refractivity contribution in [3.8, 4) is 0 Å². The highest BCUT2D eigenvalue weighted by molar-refractivity contribution is 5.71. The van der Waals surface area contributed by atoms with Crippen molar-refractivity contribution in [2.75, 3.05) is 13.2 Å². The lowest BCUT2D eigenvalue weighted by Crippen LogP contribution is -2.30. The number of ether oxygens (including phenoxy) is 3. The zero-order chi connectivity index (χ0) is 45.8. The molecule has 0 rings (SSSR count). The lowest BCUT2D eigenvalue weighted by Gasteiger charge is -2.18. The maximum Gasteiger partial charge on any atom is 0.306 e. The topological polar surface area (TPSA) is 78.9 Å². The van der Waals surface area contributed by atoms with Crippen molar-refractivity contribution in [3.63, 3.8) is 0 Å². The summed E-state index contributed by atoms with van der Waals surface area (Å²) in [5.41, 5.74) is 0. The van der Waals surface area contributed by atoms with Gasteiger partial charge in [0.15, 0.2) is 6.10 Å². The van der Waals surface area contributed by atoms with Crippen molar-refractivity contribution >= 4 is 17.9 Å². The summed E-state index contributed by atoms with van der Waals surface area (Å²) in [5, 5.41) is 0. The highest BCUT2D eigenvalue weighted by Crippen LogP contribution is 2.15. The van der Waals surface area contributed by atoms with Crippen LogP contribution >= 0.6 is 0 Å². The Morgan fingerprint density at radius 2 is 0.651 bits per heavy atom. The molecule has 0 radical (unpaired) electrons. The maximum atomic E-state index is 12.8. The molecule has 0 unspecified atom stereocenters. The minimum Gasteiger partial charge on any atom is -0.462 e. The first-order valence-corrected chi connectivity index (χ1v) is 26.4. The van der Waals surface area contributed by atoms with Crippen LogP contribution < -0.4 is 0 Å². The summed E-state index contributed by atoms with van der Waals surface area (Å²) in [5.74, 6) is -0.962. The van der Waals surface area contributed by atoms with Crippen LogP contribution in [0.2, 0.25) is 0 Å². The second kappa shape index (κ2) is 51.5. The van der Waals surface area contributed by atoms with Crippen LogP contribution in [-0.4, -0.2) is 37.2 Å². The molecule has 0 bridgehead atoms. The van der Waals surface area contributed by atoms with Crippen molar-refractivity contribution in [2.24, 2.45) is 0 Å². The molecule has 0 fully saturated rings. The summed E-state index contributed by atoms with van der Waals surface area (Å²) >= 11 is 0. The third-order valence-electron chi connectivity index (χ3n) is 11.2. The maximum absolute atomic E-state index is 12.8. The van der Waals surface area contributed by atoms with E-state index in [1.54, 1.807) is 0 Å². The molecule has 0 aliphatic rings. The fourth-order valence-corrected chi connectivity index (χ4v) is 7.22. The molecular weight excluding hydrogens is 781 g/mol. The van der Waals surface area contributed by atoms with E-state index in [0.717, 1.165) is 89.9 Å². The van der Waals surface area contributed by atoms with Crippen molar-refractivity contribution in [1.82, 2.24) is 0 Å². The van der Waals surface area contributed by atoms with Gasteiger partial charge in [-0.3, -0.25) is 14.4 Å². The average molecular weight is 879 g/mol.